The number of aryl methyl sites for hydroxylation is 1. The number of anilines is 1. The molecule has 0 radical (unpaired) electrons. The molecular weight excluding hydrogens is 364 g/mol. The largest absolute Gasteiger partial charge is 0.493 e. The number of carbonyl (C=O) groups excluding carboxylic acids is 2. The second-order valence-electron chi connectivity index (χ2n) is 7.90. The lowest BCUT2D eigenvalue weighted by molar-refractivity contribution is 0.0548. The summed E-state index contributed by atoms with van der Waals surface area (Å²) in [6.07, 6.45) is 6.20. The lowest BCUT2D eigenvalue weighted by Crippen LogP contribution is -2.45. The number of benzene rings is 2. The Morgan fingerprint density at radius 2 is 1.97 bits per heavy atom. The lowest BCUT2D eigenvalue weighted by Gasteiger charge is -2.37. The van der Waals surface area contributed by atoms with Gasteiger partial charge in [0.25, 0.3) is 11.8 Å². The van der Waals surface area contributed by atoms with Crippen molar-refractivity contribution in [1.29, 1.82) is 0 Å². The van der Waals surface area contributed by atoms with Gasteiger partial charge in [0.05, 0.1) is 12.2 Å². The van der Waals surface area contributed by atoms with Gasteiger partial charge in [-0.2, -0.15) is 0 Å². The first kappa shape index (κ1) is 19.5. The van der Waals surface area contributed by atoms with E-state index in [0.717, 1.165) is 45.1 Å². The highest BCUT2D eigenvalue weighted by Gasteiger charge is 2.31. The molecule has 152 valence electrons. The maximum Gasteiger partial charge on any atom is 0.257 e. The molecule has 1 N–H and O–H groups in total. The minimum atomic E-state index is -0.178. The van der Waals surface area contributed by atoms with Crippen molar-refractivity contribution < 1.29 is 14.3 Å². The maximum absolute atomic E-state index is 13.2. The van der Waals surface area contributed by atoms with Crippen LogP contribution in [0.25, 0.3) is 0 Å². The predicted octanol–water partition coefficient (Wildman–Crippen LogP) is 4.67. The number of hydrogen-bond acceptors (Lipinski definition) is 3. The van der Waals surface area contributed by atoms with E-state index in [9.17, 15) is 9.59 Å². The van der Waals surface area contributed by atoms with Crippen LogP contribution in [0.15, 0.2) is 42.5 Å². The van der Waals surface area contributed by atoms with Gasteiger partial charge in [-0.3, -0.25) is 9.59 Å². The molecule has 0 bridgehead atoms. The van der Waals surface area contributed by atoms with Gasteiger partial charge >= 0.3 is 0 Å². The summed E-state index contributed by atoms with van der Waals surface area (Å²) < 4.78 is 5.87. The van der Waals surface area contributed by atoms with Gasteiger partial charge in [-0.25, -0.2) is 0 Å². The summed E-state index contributed by atoms with van der Waals surface area (Å²) in [7, 11) is 0. The highest BCUT2D eigenvalue weighted by Crippen LogP contribution is 2.31. The normalized spacial score (nSPS) is 18.7. The molecule has 2 aliphatic heterocycles. The van der Waals surface area contributed by atoms with Gasteiger partial charge in [0.1, 0.15) is 5.75 Å². The minimum Gasteiger partial charge on any atom is -0.493 e. The Morgan fingerprint density at radius 3 is 2.76 bits per heavy atom. The van der Waals surface area contributed by atoms with Crippen molar-refractivity contribution in [2.75, 3.05) is 18.5 Å². The van der Waals surface area contributed by atoms with E-state index in [4.69, 9.17) is 4.74 Å². The maximum atomic E-state index is 13.2. The zero-order chi connectivity index (χ0) is 20.2. The Labute approximate surface area is 172 Å². The molecule has 29 heavy (non-hydrogen) atoms. The minimum absolute atomic E-state index is 0.00409. The number of piperidine rings is 1. The smallest absolute Gasteiger partial charge is 0.257 e. The highest BCUT2D eigenvalue weighted by molar-refractivity contribution is 6.05. The van der Waals surface area contributed by atoms with Gasteiger partial charge in [0, 0.05) is 30.3 Å². The van der Waals surface area contributed by atoms with Gasteiger partial charge in [0.15, 0.2) is 0 Å². The molecule has 0 aliphatic carbocycles. The Bertz CT molecular complexity index is 891. The van der Waals surface area contributed by atoms with Gasteiger partial charge in [-0.05, 0) is 61.6 Å². The second-order valence-corrected chi connectivity index (χ2v) is 7.90. The Kier molecular flexibility index (Phi) is 5.84. The van der Waals surface area contributed by atoms with Gasteiger partial charge in [-0.1, -0.05) is 25.5 Å². The topological polar surface area (TPSA) is 58.6 Å². The molecule has 1 saturated heterocycles. The standard InChI is InChI=1S/C24H28N2O3/c1-2-5-17-7-9-18(10-8-17)23(27)25-19-11-12-22-21(16-19)24(28)26-14-4-3-6-20(26)13-15-29-22/h7-12,16,20H,2-6,13-15H2,1H3,(H,25,27). The first-order valence-electron chi connectivity index (χ1n) is 10.6. The number of ether oxygens (including phenoxy) is 1. The zero-order valence-corrected chi connectivity index (χ0v) is 16.9. The first-order valence-corrected chi connectivity index (χ1v) is 10.6. The number of fused-ring (bicyclic) bond motifs is 2. The van der Waals surface area contributed by atoms with Crippen LogP contribution in [-0.4, -0.2) is 35.9 Å². The molecule has 1 fully saturated rings. The second kappa shape index (κ2) is 8.68. The van der Waals surface area contributed by atoms with E-state index in [1.54, 1.807) is 18.2 Å². The van der Waals surface area contributed by atoms with E-state index in [-0.39, 0.29) is 17.9 Å². The Balaban J connectivity index is 1.54. The molecule has 0 aromatic heterocycles. The van der Waals surface area contributed by atoms with Crippen LogP contribution in [0.4, 0.5) is 5.69 Å². The van der Waals surface area contributed by atoms with Gasteiger partial charge in [0.2, 0.25) is 0 Å². The number of amides is 2. The van der Waals surface area contributed by atoms with Crippen LogP contribution >= 0.6 is 0 Å². The third-order valence-corrected chi connectivity index (χ3v) is 5.82. The van der Waals surface area contributed by atoms with E-state index in [2.05, 4.69) is 12.2 Å². The van der Waals surface area contributed by atoms with Gasteiger partial charge < -0.3 is 15.0 Å². The SMILES string of the molecule is CCCc1ccc(C(=O)Nc2ccc3c(c2)C(=O)N2CCCCC2CCO3)cc1. The van der Waals surface area contributed by atoms with Crippen LogP contribution in [0.1, 0.15) is 65.3 Å². The van der Waals surface area contributed by atoms with E-state index in [0.29, 0.717) is 29.2 Å². The molecule has 2 aliphatic rings. The molecule has 1 atom stereocenters. The molecule has 2 aromatic rings. The van der Waals surface area contributed by atoms with Crippen LogP contribution < -0.4 is 10.1 Å². The van der Waals surface area contributed by atoms with Crippen molar-refractivity contribution in [2.45, 2.75) is 51.5 Å². The molecule has 0 saturated carbocycles. The molecular formula is C24H28N2O3. The fourth-order valence-electron chi connectivity index (χ4n) is 4.24. The number of nitrogens with one attached hydrogen (secondary N) is 1. The van der Waals surface area contributed by atoms with Crippen molar-refractivity contribution in [3.05, 3.63) is 59.2 Å². The predicted molar refractivity (Wildman–Crippen MR) is 114 cm³/mol. The van der Waals surface area contributed by atoms with E-state index < -0.39 is 0 Å². The van der Waals surface area contributed by atoms with E-state index >= 15 is 0 Å². The van der Waals surface area contributed by atoms with Crippen molar-refractivity contribution >= 4 is 17.5 Å². The quantitative estimate of drug-likeness (QED) is 0.823. The molecule has 5 heteroatoms. The third kappa shape index (κ3) is 4.29. The van der Waals surface area contributed by atoms with E-state index in [1.165, 1.54) is 5.56 Å². The summed E-state index contributed by atoms with van der Waals surface area (Å²) >= 11 is 0. The average Bonchev–Trinajstić information content (AvgIpc) is 2.74. The summed E-state index contributed by atoms with van der Waals surface area (Å²) in [6.45, 7) is 3.54. The van der Waals surface area contributed by atoms with Crippen LogP contribution in [0, 0.1) is 0 Å². The van der Waals surface area contributed by atoms with Crippen LogP contribution in [0.2, 0.25) is 0 Å². The fourth-order valence-corrected chi connectivity index (χ4v) is 4.24. The molecule has 2 aromatic carbocycles. The third-order valence-electron chi connectivity index (χ3n) is 5.82. The molecule has 4 rings (SSSR count). The zero-order valence-electron chi connectivity index (χ0n) is 16.9. The van der Waals surface area contributed by atoms with Crippen molar-refractivity contribution in [2.24, 2.45) is 0 Å². The molecule has 5 nitrogen and oxygen atoms in total. The van der Waals surface area contributed by atoms with Crippen LogP contribution in [-0.2, 0) is 6.42 Å². The number of carbonyl (C=O) groups is 2. The van der Waals surface area contributed by atoms with Crippen molar-refractivity contribution in [1.82, 2.24) is 4.90 Å². The number of nitrogens with zero attached hydrogens (tertiary/aromatic N) is 1. The monoisotopic (exact) mass is 392 g/mol. The van der Waals surface area contributed by atoms with Crippen molar-refractivity contribution in [3.8, 4) is 5.75 Å². The first-order chi connectivity index (χ1) is 14.2. The number of hydrogen-bond donors (Lipinski definition) is 1. The molecule has 1 unspecified atom stereocenters. The molecule has 2 amide bonds. The van der Waals surface area contributed by atoms with Crippen LogP contribution in [0.5, 0.6) is 5.75 Å². The van der Waals surface area contributed by atoms with Crippen molar-refractivity contribution in [3.63, 3.8) is 0 Å². The molecule has 0 spiro atoms. The molecule has 2 heterocycles. The summed E-state index contributed by atoms with van der Waals surface area (Å²) in [6, 6.07) is 13.3. The fraction of sp³-hybridized carbons (Fsp3) is 0.417. The Morgan fingerprint density at radius 1 is 1.14 bits per heavy atom. The van der Waals surface area contributed by atoms with Crippen LogP contribution in [0.3, 0.4) is 0 Å². The summed E-state index contributed by atoms with van der Waals surface area (Å²) in [5, 5.41) is 2.92. The summed E-state index contributed by atoms with van der Waals surface area (Å²) in [5.41, 5.74) is 2.98. The number of rotatable bonds is 4. The summed E-state index contributed by atoms with van der Waals surface area (Å²) in [4.78, 5) is 27.8. The average molecular weight is 392 g/mol. The Hall–Kier alpha value is -2.82. The highest BCUT2D eigenvalue weighted by atomic mass is 16.5. The lowest BCUT2D eigenvalue weighted by atomic mass is 9.97. The van der Waals surface area contributed by atoms with E-state index in [1.807, 2.05) is 29.2 Å². The summed E-state index contributed by atoms with van der Waals surface area (Å²) in [5.74, 6) is 0.424. The van der Waals surface area contributed by atoms with Gasteiger partial charge in [-0.15, -0.1) is 0 Å².